The molecule has 1 aliphatic heterocycles. The SMILES string of the molecule is CC(NO)OC(C)(C)CC(C)C1CO1. The highest BCUT2D eigenvalue weighted by molar-refractivity contribution is 4.82. The molecule has 1 aliphatic rings. The Morgan fingerprint density at radius 1 is 1.57 bits per heavy atom. The first-order valence-corrected chi connectivity index (χ1v) is 5.13. The highest BCUT2D eigenvalue weighted by Crippen LogP contribution is 2.29. The number of epoxide rings is 1. The van der Waals surface area contributed by atoms with E-state index in [1.807, 2.05) is 13.8 Å². The molecule has 0 bridgehead atoms. The topological polar surface area (TPSA) is 54.0 Å². The summed E-state index contributed by atoms with van der Waals surface area (Å²) in [5.41, 5.74) is 1.85. The summed E-state index contributed by atoms with van der Waals surface area (Å²) in [5, 5.41) is 8.65. The summed E-state index contributed by atoms with van der Waals surface area (Å²) >= 11 is 0. The van der Waals surface area contributed by atoms with E-state index in [1.165, 1.54) is 0 Å². The lowest BCUT2D eigenvalue weighted by atomic mass is 9.92. The molecule has 0 radical (unpaired) electrons. The van der Waals surface area contributed by atoms with Crippen molar-refractivity contribution in [3.05, 3.63) is 0 Å². The molecular formula is C10H21NO3. The molecule has 1 rings (SSSR count). The van der Waals surface area contributed by atoms with Crippen molar-refractivity contribution in [2.45, 2.75) is 52.0 Å². The Bertz CT molecular complexity index is 180. The average Bonchev–Trinajstić information content (AvgIpc) is 2.84. The van der Waals surface area contributed by atoms with Crippen LogP contribution in [0.25, 0.3) is 0 Å². The van der Waals surface area contributed by atoms with Gasteiger partial charge < -0.3 is 14.7 Å². The molecule has 3 unspecified atom stereocenters. The quantitative estimate of drug-likeness (QED) is 0.390. The number of hydrogen-bond donors (Lipinski definition) is 2. The third-order valence-corrected chi connectivity index (χ3v) is 2.48. The van der Waals surface area contributed by atoms with Gasteiger partial charge in [-0.05, 0) is 33.1 Å². The van der Waals surface area contributed by atoms with Crippen LogP contribution < -0.4 is 5.48 Å². The van der Waals surface area contributed by atoms with Crippen LogP contribution in [-0.4, -0.2) is 29.7 Å². The molecule has 0 aromatic rings. The Hall–Kier alpha value is -0.160. The largest absolute Gasteiger partial charge is 0.373 e. The molecule has 4 heteroatoms. The molecule has 0 saturated carbocycles. The van der Waals surface area contributed by atoms with E-state index in [0.29, 0.717) is 12.0 Å². The summed E-state index contributed by atoms with van der Waals surface area (Å²) in [7, 11) is 0. The Kier molecular flexibility index (Phi) is 3.89. The maximum atomic E-state index is 8.65. The Morgan fingerprint density at radius 2 is 2.14 bits per heavy atom. The molecule has 1 fully saturated rings. The van der Waals surface area contributed by atoms with Crippen molar-refractivity contribution in [1.29, 1.82) is 0 Å². The maximum Gasteiger partial charge on any atom is 0.127 e. The first-order valence-electron chi connectivity index (χ1n) is 5.13. The molecular weight excluding hydrogens is 182 g/mol. The molecule has 0 spiro atoms. The van der Waals surface area contributed by atoms with Crippen molar-refractivity contribution in [3.63, 3.8) is 0 Å². The molecule has 1 heterocycles. The number of ether oxygens (including phenoxy) is 2. The summed E-state index contributed by atoms with van der Waals surface area (Å²) in [4.78, 5) is 0. The van der Waals surface area contributed by atoms with Crippen molar-refractivity contribution in [1.82, 2.24) is 5.48 Å². The molecule has 2 N–H and O–H groups in total. The van der Waals surface area contributed by atoms with Gasteiger partial charge in [-0.2, -0.15) is 5.48 Å². The number of rotatable bonds is 6. The molecule has 4 nitrogen and oxygen atoms in total. The van der Waals surface area contributed by atoms with Gasteiger partial charge in [-0.3, -0.25) is 0 Å². The lowest BCUT2D eigenvalue weighted by Crippen LogP contribution is -2.37. The van der Waals surface area contributed by atoms with Crippen LogP contribution in [0.1, 0.15) is 34.1 Å². The van der Waals surface area contributed by atoms with E-state index in [1.54, 1.807) is 6.92 Å². The third-order valence-electron chi connectivity index (χ3n) is 2.48. The van der Waals surface area contributed by atoms with Crippen molar-refractivity contribution in [2.24, 2.45) is 5.92 Å². The molecule has 84 valence electrons. The summed E-state index contributed by atoms with van der Waals surface area (Å²) in [6, 6.07) is 0. The van der Waals surface area contributed by atoms with Crippen LogP contribution in [-0.2, 0) is 9.47 Å². The van der Waals surface area contributed by atoms with E-state index in [2.05, 4.69) is 12.4 Å². The zero-order chi connectivity index (χ0) is 10.8. The van der Waals surface area contributed by atoms with Gasteiger partial charge in [0.2, 0.25) is 0 Å². The first-order chi connectivity index (χ1) is 6.44. The summed E-state index contributed by atoms with van der Waals surface area (Å²) < 4.78 is 10.8. The number of hydrogen-bond acceptors (Lipinski definition) is 4. The smallest absolute Gasteiger partial charge is 0.127 e. The Labute approximate surface area is 85.5 Å². The average molecular weight is 203 g/mol. The minimum atomic E-state index is -0.336. The predicted molar refractivity (Wildman–Crippen MR) is 53.1 cm³/mol. The van der Waals surface area contributed by atoms with E-state index >= 15 is 0 Å². The fourth-order valence-corrected chi connectivity index (χ4v) is 1.84. The molecule has 1 saturated heterocycles. The summed E-state index contributed by atoms with van der Waals surface area (Å²) in [6.45, 7) is 8.88. The lowest BCUT2D eigenvalue weighted by Gasteiger charge is -2.30. The van der Waals surface area contributed by atoms with Gasteiger partial charge in [0.25, 0.3) is 0 Å². The Balaban J connectivity index is 2.31. The van der Waals surface area contributed by atoms with Crippen molar-refractivity contribution in [3.8, 4) is 0 Å². The van der Waals surface area contributed by atoms with E-state index in [-0.39, 0.29) is 11.8 Å². The number of hydroxylamine groups is 1. The van der Waals surface area contributed by atoms with E-state index < -0.39 is 0 Å². The van der Waals surface area contributed by atoms with Crippen molar-refractivity contribution >= 4 is 0 Å². The first kappa shape index (κ1) is 11.9. The second-order valence-electron chi connectivity index (χ2n) is 4.70. The molecule has 14 heavy (non-hydrogen) atoms. The molecule has 0 aromatic carbocycles. The van der Waals surface area contributed by atoms with Crippen molar-refractivity contribution < 1.29 is 14.7 Å². The van der Waals surface area contributed by atoms with Crippen LogP contribution in [0.4, 0.5) is 0 Å². The van der Waals surface area contributed by atoms with Crippen molar-refractivity contribution in [2.75, 3.05) is 6.61 Å². The van der Waals surface area contributed by atoms with Crippen LogP contribution >= 0.6 is 0 Å². The van der Waals surface area contributed by atoms with Crippen LogP contribution in [0.2, 0.25) is 0 Å². The monoisotopic (exact) mass is 203 g/mol. The van der Waals surface area contributed by atoms with E-state index in [0.717, 1.165) is 13.0 Å². The van der Waals surface area contributed by atoms with Gasteiger partial charge in [-0.25, -0.2) is 0 Å². The van der Waals surface area contributed by atoms with Gasteiger partial charge in [-0.15, -0.1) is 0 Å². The third kappa shape index (κ3) is 3.92. The second-order valence-corrected chi connectivity index (χ2v) is 4.70. The van der Waals surface area contributed by atoms with Gasteiger partial charge in [0.05, 0.1) is 18.3 Å². The molecule has 0 amide bonds. The normalized spacial score (nSPS) is 25.9. The van der Waals surface area contributed by atoms with Crippen LogP contribution in [0.3, 0.4) is 0 Å². The van der Waals surface area contributed by atoms with E-state index in [9.17, 15) is 0 Å². The van der Waals surface area contributed by atoms with Gasteiger partial charge in [0, 0.05) is 0 Å². The van der Waals surface area contributed by atoms with Gasteiger partial charge in [-0.1, -0.05) is 6.92 Å². The maximum absolute atomic E-state index is 8.65. The fourth-order valence-electron chi connectivity index (χ4n) is 1.84. The lowest BCUT2D eigenvalue weighted by molar-refractivity contribution is -0.129. The highest BCUT2D eigenvalue weighted by atomic mass is 16.6. The zero-order valence-corrected chi connectivity index (χ0v) is 9.41. The zero-order valence-electron chi connectivity index (χ0n) is 9.41. The van der Waals surface area contributed by atoms with E-state index in [4.69, 9.17) is 14.7 Å². The molecule has 0 aromatic heterocycles. The fraction of sp³-hybridized carbons (Fsp3) is 1.00. The summed E-state index contributed by atoms with van der Waals surface area (Å²) in [6.07, 6.45) is 1.01. The van der Waals surface area contributed by atoms with Crippen LogP contribution in [0.5, 0.6) is 0 Å². The Morgan fingerprint density at radius 3 is 2.57 bits per heavy atom. The predicted octanol–water partition coefficient (Wildman–Crippen LogP) is 1.53. The van der Waals surface area contributed by atoms with Gasteiger partial charge in [0.1, 0.15) is 6.23 Å². The van der Waals surface area contributed by atoms with Gasteiger partial charge in [0.15, 0.2) is 0 Å². The highest BCUT2D eigenvalue weighted by Gasteiger charge is 2.34. The minimum absolute atomic E-state index is 0.236. The minimum Gasteiger partial charge on any atom is -0.373 e. The molecule has 0 aliphatic carbocycles. The van der Waals surface area contributed by atoms with Crippen LogP contribution in [0, 0.1) is 5.92 Å². The standard InChI is InChI=1S/C10H21NO3/c1-7(9-6-13-9)5-10(3,4)14-8(2)11-12/h7-9,11-12H,5-6H2,1-4H3. The number of nitrogens with one attached hydrogen (secondary N) is 1. The molecule has 3 atom stereocenters. The van der Waals surface area contributed by atoms with Crippen LogP contribution in [0.15, 0.2) is 0 Å². The summed E-state index contributed by atoms with van der Waals surface area (Å²) in [5.74, 6) is 0.510. The second kappa shape index (κ2) is 4.57. The van der Waals surface area contributed by atoms with Gasteiger partial charge >= 0.3 is 0 Å².